The summed E-state index contributed by atoms with van der Waals surface area (Å²) in [6.45, 7) is 4.24. The van der Waals surface area contributed by atoms with E-state index in [1.807, 2.05) is 17.2 Å². The van der Waals surface area contributed by atoms with Gasteiger partial charge in [-0.1, -0.05) is 18.2 Å². The number of hydrogen-bond donors (Lipinski definition) is 1. The number of nitrogens with zero attached hydrogens (tertiary/aromatic N) is 3. The summed E-state index contributed by atoms with van der Waals surface area (Å²) in [5.41, 5.74) is 0.897. The van der Waals surface area contributed by atoms with Gasteiger partial charge in [0, 0.05) is 44.6 Å². The largest absolute Gasteiger partial charge is 0.573 e. The third kappa shape index (κ3) is 5.02. The van der Waals surface area contributed by atoms with Crippen LogP contribution < -0.4 is 10.1 Å². The van der Waals surface area contributed by atoms with E-state index in [0.717, 1.165) is 31.7 Å². The number of carbonyl (C=O) groups is 2. The van der Waals surface area contributed by atoms with Gasteiger partial charge in [0.1, 0.15) is 11.9 Å². The van der Waals surface area contributed by atoms with E-state index in [-0.39, 0.29) is 23.9 Å². The van der Waals surface area contributed by atoms with Crippen LogP contribution in [0.5, 0.6) is 5.75 Å². The number of urea groups is 1. The van der Waals surface area contributed by atoms with Gasteiger partial charge in [-0.05, 0) is 36.7 Å². The van der Waals surface area contributed by atoms with Crippen molar-refractivity contribution in [1.82, 2.24) is 20.0 Å². The molecule has 8 nitrogen and oxygen atoms in total. The molecule has 4 heterocycles. The number of carbonyl (C=O) groups excluding carboxylic acids is 2. The molecule has 4 fully saturated rings. The van der Waals surface area contributed by atoms with Gasteiger partial charge in [0.05, 0.1) is 12.6 Å². The van der Waals surface area contributed by atoms with E-state index >= 15 is 0 Å². The van der Waals surface area contributed by atoms with Crippen molar-refractivity contribution >= 4 is 12.1 Å². The number of likely N-dealkylation sites (tertiary alicyclic amines) is 3. The van der Waals surface area contributed by atoms with Crippen molar-refractivity contribution in [2.24, 2.45) is 11.8 Å². The maximum absolute atomic E-state index is 13.0. The molecular formula is C23H27F3N4O4. The highest BCUT2D eigenvalue weighted by molar-refractivity contribution is 5.76. The van der Waals surface area contributed by atoms with Crippen molar-refractivity contribution in [1.29, 1.82) is 0 Å². The van der Waals surface area contributed by atoms with Crippen LogP contribution in [0.4, 0.5) is 22.8 Å². The highest BCUT2D eigenvalue weighted by atomic mass is 19.4. The molecule has 34 heavy (non-hydrogen) atoms. The standard InChI is InChI=1S/C23H27F3N4O4/c24-23(25,26)34-18-5-3-15(4-6-18)2-1-8-28-10-16-12-30(13-17(16)11-28)22(32)29-9-7-19-20(14-29)33-21(31)27-19/h1,3-6,8,16-17,19-20H,2,7,9-14H2,(H,27,31)/t16-,17-,19-,20-/m1/s1. The van der Waals surface area contributed by atoms with Gasteiger partial charge in [-0.25, -0.2) is 9.59 Å². The third-order valence-electron chi connectivity index (χ3n) is 7.00. The number of hydrogen-bond acceptors (Lipinski definition) is 5. The molecular weight excluding hydrogens is 453 g/mol. The van der Waals surface area contributed by atoms with Gasteiger partial charge in [-0.3, -0.25) is 0 Å². The second-order valence-electron chi connectivity index (χ2n) is 9.37. The lowest BCUT2D eigenvalue weighted by atomic mass is 10.0. The molecule has 4 aliphatic heterocycles. The molecule has 0 unspecified atom stereocenters. The predicted molar refractivity (Wildman–Crippen MR) is 115 cm³/mol. The molecule has 11 heteroatoms. The van der Waals surface area contributed by atoms with Gasteiger partial charge < -0.3 is 29.5 Å². The van der Waals surface area contributed by atoms with E-state index in [1.54, 1.807) is 17.0 Å². The quantitative estimate of drug-likeness (QED) is 0.718. The Morgan fingerprint density at radius 3 is 2.47 bits per heavy atom. The van der Waals surface area contributed by atoms with Crippen molar-refractivity contribution in [2.75, 3.05) is 39.3 Å². The van der Waals surface area contributed by atoms with Crippen LogP contribution in [0.25, 0.3) is 0 Å². The van der Waals surface area contributed by atoms with E-state index in [0.29, 0.717) is 37.8 Å². The summed E-state index contributed by atoms with van der Waals surface area (Å²) in [5.74, 6) is 0.601. The van der Waals surface area contributed by atoms with Crippen LogP contribution in [0.1, 0.15) is 12.0 Å². The van der Waals surface area contributed by atoms with Gasteiger partial charge in [-0.15, -0.1) is 13.2 Å². The van der Waals surface area contributed by atoms with E-state index in [1.165, 1.54) is 12.1 Å². The lowest BCUT2D eigenvalue weighted by Crippen LogP contribution is -2.53. The Morgan fingerprint density at radius 1 is 1.09 bits per heavy atom. The smallest absolute Gasteiger partial charge is 0.442 e. The molecule has 0 aromatic heterocycles. The summed E-state index contributed by atoms with van der Waals surface area (Å²) in [4.78, 5) is 30.4. The summed E-state index contributed by atoms with van der Waals surface area (Å²) < 4.78 is 45.9. The molecule has 0 radical (unpaired) electrons. The second kappa shape index (κ2) is 8.92. The highest BCUT2D eigenvalue weighted by Crippen LogP contribution is 2.32. The van der Waals surface area contributed by atoms with Crippen molar-refractivity contribution in [2.45, 2.75) is 31.3 Å². The summed E-state index contributed by atoms with van der Waals surface area (Å²) >= 11 is 0. The number of ether oxygens (including phenoxy) is 2. The molecule has 0 aliphatic carbocycles. The van der Waals surface area contributed by atoms with Gasteiger partial charge in [0.2, 0.25) is 0 Å². The summed E-state index contributed by atoms with van der Waals surface area (Å²) in [6, 6.07) is 5.91. The average molecular weight is 480 g/mol. The molecule has 4 atom stereocenters. The van der Waals surface area contributed by atoms with Crippen LogP contribution in [-0.2, 0) is 11.2 Å². The van der Waals surface area contributed by atoms with Crippen LogP contribution in [0, 0.1) is 11.8 Å². The fourth-order valence-electron chi connectivity index (χ4n) is 5.37. The Morgan fingerprint density at radius 2 is 1.79 bits per heavy atom. The number of benzene rings is 1. The fourth-order valence-corrected chi connectivity index (χ4v) is 5.37. The second-order valence-corrected chi connectivity index (χ2v) is 9.37. The van der Waals surface area contributed by atoms with Crippen molar-refractivity contribution in [3.8, 4) is 5.75 Å². The van der Waals surface area contributed by atoms with Gasteiger partial charge >= 0.3 is 18.5 Å². The van der Waals surface area contributed by atoms with E-state index < -0.39 is 12.5 Å². The summed E-state index contributed by atoms with van der Waals surface area (Å²) in [6.07, 6.45) is 0.0106. The molecule has 4 saturated heterocycles. The summed E-state index contributed by atoms with van der Waals surface area (Å²) in [5, 5.41) is 2.79. The number of fused-ring (bicyclic) bond motifs is 2. The Kier molecular flexibility index (Phi) is 5.95. The number of rotatable bonds is 4. The number of alkyl halides is 3. The van der Waals surface area contributed by atoms with E-state index in [4.69, 9.17) is 4.74 Å². The van der Waals surface area contributed by atoms with E-state index in [2.05, 4.69) is 15.0 Å². The SMILES string of the molecule is O=C1N[C@@H]2CCN(C(=O)N3C[C@H]4CN(C=CCc5ccc(OC(F)(F)F)cc5)C[C@@H]4C3)C[C@H]2O1. The zero-order valence-corrected chi connectivity index (χ0v) is 18.5. The molecule has 0 spiro atoms. The Labute approximate surface area is 195 Å². The summed E-state index contributed by atoms with van der Waals surface area (Å²) in [7, 11) is 0. The van der Waals surface area contributed by atoms with Crippen molar-refractivity contribution < 1.29 is 32.2 Å². The number of alkyl carbamates (subject to hydrolysis) is 1. The average Bonchev–Trinajstić information content (AvgIpc) is 3.44. The Balaban J connectivity index is 1.07. The molecule has 1 aromatic carbocycles. The van der Waals surface area contributed by atoms with Crippen LogP contribution in [0.15, 0.2) is 36.5 Å². The molecule has 1 aromatic rings. The first-order valence-corrected chi connectivity index (χ1v) is 11.5. The number of halogens is 3. The van der Waals surface area contributed by atoms with Gasteiger partial charge in [0.15, 0.2) is 0 Å². The first-order chi connectivity index (χ1) is 16.2. The lowest BCUT2D eigenvalue weighted by Gasteiger charge is -2.35. The van der Waals surface area contributed by atoms with Crippen LogP contribution in [0.3, 0.4) is 0 Å². The normalized spacial score (nSPS) is 28.7. The minimum Gasteiger partial charge on any atom is -0.442 e. The first kappa shape index (κ1) is 22.7. The van der Waals surface area contributed by atoms with Crippen molar-refractivity contribution in [3.05, 3.63) is 42.1 Å². The van der Waals surface area contributed by atoms with E-state index in [9.17, 15) is 22.8 Å². The molecule has 3 amide bonds. The number of piperidine rings is 1. The lowest BCUT2D eigenvalue weighted by molar-refractivity contribution is -0.274. The molecule has 5 rings (SSSR count). The maximum Gasteiger partial charge on any atom is 0.573 e. The highest BCUT2D eigenvalue weighted by Gasteiger charge is 2.45. The molecule has 0 bridgehead atoms. The monoisotopic (exact) mass is 480 g/mol. The molecule has 0 saturated carbocycles. The Hall–Kier alpha value is -3.11. The van der Waals surface area contributed by atoms with Crippen LogP contribution in [0.2, 0.25) is 0 Å². The van der Waals surface area contributed by atoms with Crippen molar-refractivity contribution in [3.63, 3.8) is 0 Å². The number of allylic oxidation sites excluding steroid dienone is 1. The minimum atomic E-state index is -4.69. The number of amides is 3. The molecule has 184 valence electrons. The number of nitrogens with one attached hydrogen (secondary N) is 1. The zero-order chi connectivity index (χ0) is 23.9. The first-order valence-electron chi connectivity index (χ1n) is 11.5. The fraction of sp³-hybridized carbons (Fsp3) is 0.565. The van der Waals surface area contributed by atoms with Gasteiger partial charge in [-0.2, -0.15) is 0 Å². The van der Waals surface area contributed by atoms with Crippen LogP contribution >= 0.6 is 0 Å². The third-order valence-corrected chi connectivity index (χ3v) is 7.00. The maximum atomic E-state index is 13.0. The molecule has 1 N–H and O–H groups in total. The molecule has 4 aliphatic rings. The van der Waals surface area contributed by atoms with Gasteiger partial charge in [0.25, 0.3) is 0 Å². The Bertz CT molecular complexity index is 941. The minimum absolute atomic E-state index is 0.000938. The predicted octanol–water partition coefficient (Wildman–Crippen LogP) is 2.81. The van der Waals surface area contributed by atoms with Crippen LogP contribution in [-0.4, -0.2) is 84.6 Å². The topological polar surface area (TPSA) is 74.4 Å². The zero-order valence-electron chi connectivity index (χ0n) is 18.5.